The lowest BCUT2D eigenvalue weighted by Crippen LogP contribution is -2.47. The third-order valence-corrected chi connectivity index (χ3v) is 6.22. The van der Waals surface area contributed by atoms with Gasteiger partial charge in [0.15, 0.2) is 0 Å². The summed E-state index contributed by atoms with van der Waals surface area (Å²) in [6, 6.07) is 14.4. The normalized spacial score (nSPS) is 17.5. The zero-order valence-electron chi connectivity index (χ0n) is 18.5. The van der Waals surface area contributed by atoms with E-state index in [1.165, 1.54) is 4.90 Å². The van der Waals surface area contributed by atoms with E-state index in [9.17, 15) is 9.59 Å². The Morgan fingerprint density at radius 1 is 0.906 bits per heavy atom. The van der Waals surface area contributed by atoms with E-state index in [-0.39, 0.29) is 11.8 Å². The topological polar surface area (TPSA) is 53.1 Å². The molecule has 0 saturated carbocycles. The molecule has 0 aromatic heterocycles. The molecule has 0 spiro atoms. The van der Waals surface area contributed by atoms with E-state index in [1.807, 2.05) is 29.2 Å². The number of carbonyl (C=O) groups is 2. The van der Waals surface area contributed by atoms with Crippen molar-refractivity contribution in [1.29, 1.82) is 0 Å². The Hall–Kier alpha value is -2.83. The summed E-state index contributed by atoms with van der Waals surface area (Å²) in [6.45, 7) is 8.88. The van der Waals surface area contributed by atoms with E-state index in [0.29, 0.717) is 47.2 Å². The number of rotatable bonds is 7. The second kappa shape index (κ2) is 9.76. The fourth-order valence-corrected chi connectivity index (χ4v) is 4.37. The number of likely N-dealkylation sites (N-methyl/N-ethyl adjacent to an activating group) is 1. The fourth-order valence-electron chi connectivity index (χ4n) is 4.15. The van der Waals surface area contributed by atoms with Crippen LogP contribution in [0.25, 0.3) is 5.57 Å². The van der Waals surface area contributed by atoms with Crippen LogP contribution >= 0.6 is 11.6 Å². The highest BCUT2D eigenvalue weighted by molar-refractivity contribution is 6.47. The minimum absolute atomic E-state index is 0.325. The zero-order valence-corrected chi connectivity index (χ0v) is 19.3. The standard InChI is InChI=1S/C25H28ClN3O3/c1-3-17-32-19-11-9-18(10-12-19)22-23(28-15-13-27(4-2)14-16-28)25(31)29(24(22)30)21-8-6-5-7-20(21)26/h5-12H,3-4,13-17H2,1-2H3. The molecule has 0 N–H and O–H groups in total. The molecule has 0 unspecified atom stereocenters. The number of hydrogen-bond donors (Lipinski definition) is 0. The maximum Gasteiger partial charge on any atom is 0.282 e. The van der Waals surface area contributed by atoms with Gasteiger partial charge in [0, 0.05) is 26.2 Å². The summed E-state index contributed by atoms with van der Waals surface area (Å²) < 4.78 is 5.68. The predicted molar refractivity (Wildman–Crippen MR) is 127 cm³/mol. The Bertz CT molecular complexity index is 1030. The van der Waals surface area contributed by atoms with Gasteiger partial charge in [-0.1, -0.05) is 49.7 Å². The number of hydrogen-bond acceptors (Lipinski definition) is 5. The second-order valence-corrected chi connectivity index (χ2v) is 8.32. The van der Waals surface area contributed by atoms with E-state index in [1.54, 1.807) is 24.3 Å². The third-order valence-electron chi connectivity index (χ3n) is 5.90. The smallest absolute Gasteiger partial charge is 0.282 e. The van der Waals surface area contributed by atoms with Crippen LogP contribution in [0.2, 0.25) is 5.02 Å². The monoisotopic (exact) mass is 453 g/mol. The Morgan fingerprint density at radius 3 is 2.22 bits per heavy atom. The summed E-state index contributed by atoms with van der Waals surface area (Å²) in [5.41, 5.74) is 1.98. The minimum Gasteiger partial charge on any atom is -0.494 e. The van der Waals surface area contributed by atoms with Crippen molar-refractivity contribution in [2.75, 3.05) is 44.2 Å². The number of carbonyl (C=O) groups excluding carboxylic acids is 2. The molecule has 0 atom stereocenters. The first kappa shape index (κ1) is 22.4. The first-order chi connectivity index (χ1) is 15.5. The Kier molecular flexibility index (Phi) is 6.82. The summed E-state index contributed by atoms with van der Waals surface area (Å²) in [5, 5.41) is 0.369. The van der Waals surface area contributed by atoms with Crippen LogP contribution in [0.3, 0.4) is 0 Å². The lowest BCUT2D eigenvalue weighted by atomic mass is 10.0. The summed E-state index contributed by atoms with van der Waals surface area (Å²) in [6.07, 6.45) is 0.917. The number of para-hydroxylation sites is 1. The van der Waals surface area contributed by atoms with Gasteiger partial charge in [0.25, 0.3) is 11.8 Å². The van der Waals surface area contributed by atoms with Crippen molar-refractivity contribution in [3.63, 3.8) is 0 Å². The molecule has 0 aliphatic carbocycles. The molecule has 2 aromatic carbocycles. The zero-order chi connectivity index (χ0) is 22.7. The van der Waals surface area contributed by atoms with E-state index >= 15 is 0 Å². The van der Waals surface area contributed by atoms with Gasteiger partial charge < -0.3 is 14.5 Å². The van der Waals surface area contributed by atoms with Gasteiger partial charge in [-0.25, -0.2) is 4.90 Å². The molecule has 1 saturated heterocycles. The summed E-state index contributed by atoms with van der Waals surface area (Å²) in [4.78, 5) is 32.8. The van der Waals surface area contributed by atoms with Crippen LogP contribution in [0.15, 0.2) is 54.2 Å². The summed E-state index contributed by atoms with van der Waals surface area (Å²) in [7, 11) is 0. The molecule has 2 aromatic rings. The number of amides is 2. The number of ether oxygens (including phenoxy) is 1. The SMILES string of the molecule is CCCOc1ccc(C2=C(N3CCN(CC)CC3)C(=O)N(c3ccccc3Cl)C2=O)cc1. The van der Waals surface area contributed by atoms with Gasteiger partial charge in [0.1, 0.15) is 11.4 Å². The number of benzene rings is 2. The average Bonchev–Trinajstić information content (AvgIpc) is 3.08. The highest BCUT2D eigenvalue weighted by Gasteiger charge is 2.43. The number of nitrogens with zero attached hydrogens (tertiary/aromatic N) is 3. The Balaban J connectivity index is 1.74. The van der Waals surface area contributed by atoms with Crippen molar-refractivity contribution >= 4 is 34.7 Å². The molecule has 2 heterocycles. The molecule has 168 valence electrons. The van der Waals surface area contributed by atoms with E-state index in [4.69, 9.17) is 16.3 Å². The van der Waals surface area contributed by atoms with Crippen LogP contribution in [0.1, 0.15) is 25.8 Å². The van der Waals surface area contributed by atoms with Gasteiger partial charge >= 0.3 is 0 Å². The maximum absolute atomic E-state index is 13.6. The third kappa shape index (κ3) is 4.25. The largest absolute Gasteiger partial charge is 0.494 e. The lowest BCUT2D eigenvalue weighted by Gasteiger charge is -2.36. The molecule has 0 bridgehead atoms. The quantitative estimate of drug-likeness (QED) is 0.592. The number of imide groups is 1. The molecule has 32 heavy (non-hydrogen) atoms. The molecule has 0 radical (unpaired) electrons. The number of piperazine rings is 1. The second-order valence-electron chi connectivity index (χ2n) is 7.91. The van der Waals surface area contributed by atoms with Gasteiger partial charge in [-0.3, -0.25) is 9.59 Å². The number of halogens is 1. The van der Waals surface area contributed by atoms with Crippen molar-refractivity contribution < 1.29 is 14.3 Å². The number of anilines is 1. The first-order valence-corrected chi connectivity index (χ1v) is 11.5. The molecule has 2 amide bonds. The van der Waals surface area contributed by atoms with Crippen LogP contribution in [0, 0.1) is 0 Å². The molecule has 4 rings (SSSR count). The van der Waals surface area contributed by atoms with Crippen molar-refractivity contribution in [3.05, 3.63) is 64.8 Å². The van der Waals surface area contributed by atoms with Crippen molar-refractivity contribution in [2.45, 2.75) is 20.3 Å². The van der Waals surface area contributed by atoms with Gasteiger partial charge in [0.2, 0.25) is 0 Å². The lowest BCUT2D eigenvalue weighted by molar-refractivity contribution is -0.120. The summed E-state index contributed by atoms with van der Waals surface area (Å²) in [5.74, 6) is 0.0710. The van der Waals surface area contributed by atoms with Crippen molar-refractivity contribution in [2.24, 2.45) is 0 Å². The molecule has 2 aliphatic rings. The summed E-state index contributed by atoms with van der Waals surface area (Å²) >= 11 is 6.37. The average molecular weight is 454 g/mol. The molecule has 1 fully saturated rings. The van der Waals surface area contributed by atoms with E-state index in [0.717, 1.165) is 31.8 Å². The predicted octanol–water partition coefficient (Wildman–Crippen LogP) is 4.05. The molecule has 2 aliphatic heterocycles. The van der Waals surface area contributed by atoms with E-state index in [2.05, 4.69) is 18.7 Å². The molecular formula is C25H28ClN3O3. The highest BCUT2D eigenvalue weighted by Crippen LogP contribution is 2.38. The van der Waals surface area contributed by atoms with Crippen LogP contribution in [-0.2, 0) is 9.59 Å². The van der Waals surface area contributed by atoms with E-state index < -0.39 is 0 Å². The fraction of sp³-hybridized carbons (Fsp3) is 0.360. The van der Waals surface area contributed by atoms with Crippen molar-refractivity contribution in [1.82, 2.24) is 9.80 Å². The van der Waals surface area contributed by atoms with Crippen molar-refractivity contribution in [3.8, 4) is 5.75 Å². The Labute approximate surface area is 194 Å². The highest BCUT2D eigenvalue weighted by atomic mass is 35.5. The van der Waals surface area contributed by atoms with Gasteiger partial charge in [-0.2, -0.15) is 0 Å². The molecule has 6 nitrogen and oxygen atoms in total. The molecular weight excluding hydrogens is 426 g/mol. The van der Waals surface area contributed by atoms with Gasteiger partial charge in [0.05, 0.1) is 22.9 Å². The van der Waals surface area contributed by atoms with Gasteiger partial charge in [-0.05, 0) is 42.8 Å². The minimum atomic E-state index is -0.349. The molecule has 7 heteroatoms. The van der Waals surface area contributed by atoms with Crippen LogP contribution in [0.4, 0.5) is 5.69 Å². The Morgan fingerprint density at radius 2 is 1.59 bits per heavy atom. The van der Waals surface area contributed by atoms with Crippen LogP contribution in [0.5, 0.6) is 5.75 Å². The first-order valence-electron chi connectivity index (χ1n) is 11.1. The van der Waals surface area contributed by atoms with Gasteiger partial charge in [-0.15, -0.1) is 0 Å². The van der Waals surface area contributed by atoms with Crippen LogP contribution < -0.4 is 9.64 Å². The maximum atomic E-state index is 13.6. The van der Waals surface area contributed by atoms with Crippen LogP contribution in [-0.4, -0.2) is 60.9 Å².